The van der Waals surface area contributed by atoms with Gasteiger partial charge in [0.05, 0.1) is 6.20 Å². The monoisotopic (exact) mass is 394 g/mol. The normalized spacial score (nSPS) is 18.9. The molecular weight excluding hydrogens is 368 g/mol. The van der Waals surface area contributed by atoms with Crippen LogP contribution in [0.5, 0.6) is 0 Å². The summed E-state index contributed by atoms with van der Waals surface area (Å²) in [5, 5.41) is 6.66. The fraction of sp³-hybridized carbons (Fsp3) is 0.455. The van der Waals surface area contributed by atoms with Crippen molar-refractivity contribution in [3.05, 3.63) is 52.8 Å². The van der Waals surface area contributed by atoms with Crippen molar-refractivity contribution in [2.45, 2.75) is 64.6 Å². The van der Waals surface area contributed by atoms with Crippen molar-refractivity contribution in [1.82, 2.24) is 20.0 Å². The van der Waals surface area contributed by atoms with Crippen LogP contribution >= 0.6 is 0 Å². The van der Waals surface area contributed by atoms with Gasteiger partial charge in [-0.15, -0.1) is 0 Å². The molecule has 3 amide bonds. The van der Waals surface area contributed by atoms with Gasteiger partial charge in [0.2, 0.25) is 11.8 Å². The highest BCUT2D eigenvalue weighted by molar-refractivity contribution is 6.05. The van der Waals surface area contributed by atoms with Crippen molar-refractivity contribution in [1.29, 1.82) is 0 Å². The van der Waals surface area contributed by atoms with Gasteiger partial charge in [-0.25, -0.2) is 0 Å². The lowest BCUT2D eigenvalue weighted by Crippen LogP contribution is -2.52. The van der Waals surface area contributed by atoms with E-state index in [1.807, 2.05) is 29.9 Å². The number of hydrogen-bond donors (Lipinski definition) is 1. The second-order valence-electron chi connectivity index (χ2n) is 7.93. The second kappa shape index (κ2) is 8.19. The lowest BCUT2D eigenvalue weighted by molar-refractivity contribution is -0.136. The topological polar surface area (TPSA) is 84.3 Å². The van der Waals surface area contributed by atoms with Gasteiger partial charge in [0.1, 0.15) is 6.04 Å². The summed E-state index contributed by atoms with van der Waals surface area (Å²) >= 11 is 0. The van der Waals surface area contributed by atoms with Crippen molar-refractivity contribution in [3.63, 3.8) is 0 Å². The Morgan fingerprint density at radius 3 is 2.79 bits per heavy atom. The molecule has 152 valence electrons. The van der Waals surface area contributed by atoms with Crippen LogP contribution in [-0.2, 0) is 29.1 Å². The van der Waals surface area contributed by atoms with E-state index < -0.39 is 6.04 Å². The molecule has 1 aromatic carbocycles. The Morgan fingerprint density at radius 2 is 2.03 bits per heavy atom. The molecule has 1 N–H and O–H groups in total. The summed E-state index contributed by atoms with van der Waals surface area (Å²) in [7, 11) is 0. The maximum atomic E-state index is 12.9. The van der Waals surface area contributed by atoms with Crippen LogP contribution in [0.3, 0.4) is 0 Å². The van der Waals surface area contributed by atoms with E-state index in [9.17, 15) is 14.4 Å². The average Bonchev–Trinajstić information content (AvgIpc) is 3.25. The number of piperidine rings is 1. The van der Waals surface area contributed by atoms with Crippen LogP contribution < -0.4 is 5.32 Å². The third-order valence-corrected chi connectivity index (χ3v) is 5.77. The van der Waals surface area contributed by atoms with Gasteiger partial charge in [-0.1, -0.05) is 18.6 Å². The third kappa shape index (κ3) is 4.09. The zero-order chi connectivity index (χ0) is 20.4. The van der Waals surface area contributed by atoms with Crippen LogP contribution in [0.4, 0.5) is 0 Å². The number of aryl methyl sites for hydroxylation is 3. The lowest BCUT2D eigenvalue weighted by Gasteiger charge is -2.29. The number of carbonyl (C=O) groups is 3. The summed E-state index contributed by atoms with van der Waals surface area (Å²) in [6, 6.07) is 5.29. The van der Waals surface area contributed by atoms with Crippen molar-refractivity contribution in [2.24, 2.45) is 0 Å². The minimum Gasteiger partial charge on any atom is -0.322 e. The molecule has 1 unspecified atom stereocenters. The SMILES string of the molecule is Cc1cnn(CCCCCc2cccc3c2CN(C2CCC(=O)NC2=O)C3=O)c1. The van der Waals surface area contributed by atoms with Crippen LogP contribution in [0.2, 0.25) is 0 Å². The van der Waals surface area contributed by atoms with E-state index in [0.717, 1.165) is 37.8 Å². The molecule has 1 fully saturated rings. The molecule has 7 heteroatoms. The fourth-order valence-corrected chi connectivity index (χ4v) is 4.24. The summed E-state index contributed by atoms with van der Waals surface area (Å²) < 4.78 is 1.98. The number of benzene rings is 1. The number of aromatic nitrogens is 2. The Hall–Kier alpha value is -2.96. The molecule has 1 atom stereocenters. The first kappa shape index (κ1) is 19.4. The lowest BCUT2D eigenvalue weighted by atomic mass is 9.98. The molecule has 4 rings (SSSR count). The van der Waals surface area contributed by atoms with Gasteiger partial charge in [-0.2, -0.15) is 5.10 Å². The Labute approximate surface area is 170 Å². The largest absolute Gasteiger partial charge is 0.322 e. The predicted molar refractivity (Wildman–Crippen MR) is 107 cm³/mol. The first-order valence-electron chi connectivity index (χ1n) is 10.3. The molecule has 2 aliphatic rings. The number of unbranched alkanes of at least 4 members (excludes halogenated alkanes) is 2. The zero-order valence-corrected chi connectivity index (χ0v) is 16.7. The number of imide groups is 1. The number of carbonyl (C=O) groups excluding carboxylic acids is 3. The van der Waals surface area contributed by atoms with Crippen molar-refractivity contribution in [3.8, 4) is 0 Å². The molecule has 2 aromatic rings. The standard InChI is InChI=1S/C22H26N4O3/c1-15-12-23-25(13-15)11-4-2-3-6-16-7-5-8-17-18(16)14-26(22(17)29)19-9-10-20(27)24-21(19)28/h5,7-8,12-13,19H,2-4,6,9-11,14H2,1H3,(H,24,27,28). The average molecular weight is 394 g/mol. The second-order valence-corrected chi connectivity index (χ2v) is 7.93. The zero-order valence-electron chi connectivity index (χ0n) is 16.7. The quantitative estimate of drug-likeness (QED) is 0.577. The number of nitrogens with one attached hydrogen (secondary N) is 1. The minimum atomic E-state index is -0.557. The summed E-state index contributed by atoms with van der Waals surface area (Å²) in [6.07, 6.45) is 8.72. The summed E-state index contributed by atoms with van der Waals surface area (Å²) in [4.78, 5) is 38.1. The van der Waals surface area contributed by atoms with Gasteiger partial charge in [0.15, 0.2) is 0 Å². The first-order chi connectivity index (χ1) is 14.0. The van der Waals surface area contributed by atoms with Gasteiger partial charge < -0.3 is 4.90 Å². The highest BCUT2D eigenvalue weighted by atomic mass is 16.2. The molecule has 3 heterocycles. The smallest absolute Gasteiger partial charge is 0.255 e. The fourth-order valence-electron chi connectivity index (χ4n) is 4.24. The van der Waals surface area contributed by atoms with Gasteiger partial charge in [0.25, 0.3) is 5.91 Å². The van der Waals surface area contributed by atoms with E-state index in [1.54, 1.807) is 4.90 Å². The highest BCUT2D eigenvalue weighted by Gasteiger charge is 2.39. The van der Waals surface area contributed by atoms with E-state index in [2.05, 4.69) is 22.7 Å². The molecule has 0 radical (unpaired) electrons. The molecule has 1 aromatic heterocycles. The summed E-state index contributed by atoms with van der Waals surface area (Å²) in [6.45, 7) is 3.41. The molecule has 0 bridgehead atoms. The Kier molecular flexibility index (Phi) is 5.47. The van der Waals surface area contributed by atoms with Crippen LogP contribution in [0.15, 0.2) is 30.6 Å². The number of rotatable bonds is 7. The van der Waals surface area contributed by atoms with E-state index in [0.29, 0.717) is 18.5 Å². The molecule has 2 aliphatic heterocycles. The van der Waals surface area contributed by atoms with Crippen molar-refractivity contribution >= 4 is 17.7 Å². The predicted octanol–water partition coefficient (Wildman–Crippen LogP) is 2.37. The first-order valence-corrected chi connectivity index (χ1v) is 10.3. The maximum Gasteiger partial charge on any atom is 0.255 e. The Bertz CT molecular complexity index is 949. The van der Waals surface area contributed by atoms with Crippen LogP contribution in [0.25, 0.3) is 0 Å². The number of nitrogens with zero attached hydrogens (tertiary/aromatic N) is 3. The van der Waals surface area contributed by atoms with Gasteiger partial charge in [0, 0.05) is 31.3 Å². The van der Waals surface area contributed by atoms with Crippen LogP contribution in [0, 0.1) is 6.92 Å². The van der Waals surface area contributed by atoms with E-state index >= 15 is 0 Å². The minimum absolute atomic E-state index is 0.106. The molecule has 0 aliphatic carbocycles. The molecule has 7 nitrogen and oxygen atoms in total. The van der Waals surface area contributed by atoms with Crippen LogP contribution in [0.1, 0.15) is 59.2 Å². The highest BCUT2D eigenvalue weighted by Crippen LogP contribution is 2.30. The molecule has 0 spiro atoms. The molecule has 29 heavy (non-hydrogen) atoms. The van der Waals surface area contributed by atoms with Crippen molar-refractivity contribution < 1.29 is 14.4 Å². The molecule has 0 saturated carbocycles. The maximum absolute atomic E-state index is 12.9. The molecular formula is C22H26N4O3. The number of hydrogen-bond acceptors (Lipinski definition) is 4. The van der Waals surface area contributed by atoms with Crippen LogP contribution in [-0.4, -0.2) is 38.4 Å². The third-order valence-electron chi connectivity index (χ3n) is 5.77. The van der Waals surface area contributed by atoms with E-state index in [4.69, 9.17) is 0 Å². The summed E-state index contributed by atoms with van der Waals surface area (Å²) in [5.41, 5.74) is 4.08. The Morgan fingerprint density at radius 1 is 1.17 bits per heavy atom. The van der Waals surface area contributed by atoms with E-state index in [-0.39, 0.29) is 24.1 Å². The number of fused-ring (bicyclic) bond motifs is 1. The Balaban J connectivity index is 1.35. The van der Waals surface area contributed by atoms with Gasteiger partial charge >= 0.3 is 0 Å². The van der Waals surface area contributed by atoms with E-state index in [1.165, 1.54) is 11.1 Å². The van der Waals surface area contributed by atoms with Gasteiger partial charge in [-0.3, -0.25) is 24.4 Å². The summed E-state index contributed by atoms with van der Waals surface area (Å²) in [5.74, 6) is -0.732. The van der Waals surface area contributed by atoms with Gasteiger partial charge in [-0.05, 0) is 55.4 Å². The molecule has 1 saturated heterocycles. The number of amides is 3. The van der Waals surface area contributed by atoms with Crippen molar-refractivity contribution in [2.75, 3.05) is 0 Å².